The number of unbranched alkanes of at least 4 members (excludes halogenated alkanes) is 9. The largest absolute Gasteiger partial charge is 1.00 e. The third kappa shape index (κ3) is 11.0. The molecule has 0 saturated carbocycles. The molecule has 36 heavy (non-hydrogen) atoms. The molecule has 0 spiro atoms. The van der Waals surface area contributed by atoms with Crippen LogP contribution in [0.5, 0.6) is 0 Å². The Morgan fingerprint density at radius 3 is 1.92 bits per heavy atom. The summed E-state index contributed by atoms with van der Waals surface area (Å²) in [7, 11) is 4.57. The fourth-order valence-corrected chi connectivity index (χ4v) is 5.56. The van der Waals surface area contributed by atoms with E-state index in [1.807, 2.05) is 25.1 Å². The van der Waals surface area contributed by atoms with Gasteiger partial charge in [-0.2, -0.15) is 0 Å². The van der Waals surface area contributed by atoms with Crippen molar-refractivity contribution < 1.29 is 31.1 Å². The van der Waals surface area contributed by atoms with Crippen LogP contribution in [-0.4, -0.2) is 54.9 Å². The molecule has 0 N–H and O–H groups in total. The topological polar surface area (TPSA) is 37.4 Å². The van der Waals surface area contributed by atoms with Crippen LogP contribution in [0.1, 0.15) is 109 Å². The number of hydrogen-bond acceptors (Lipinski definition) is 2. The van der Waals surface area contributed by atoms with Gasteiger partial charge in [0.25, 0.3) is 0 Å². The molecule has 4 nitrogen and oxygen atoms in total. The van der Waals surface area contributed by atoms with E-state index in [9.17, 15) is 9.59 Å². The number of hydrogen-bond donors (Lipinski definition) is 0. The zero-order valence-electron chi connectivity index (χ0n) is 23.8. The van der Waals surface area contributed by atoms with Crippen molar-refractivity contribution in [3.63, 3.8) is 0 Å². The molecule has 0 aliphatic carbocycles. The molecule has 3 unspecified atom stereocenters. The van der Waals surface area contributed by atoms with Crippen molar-refractivity contribution in [2.75, 3.05) is 33.7 Å². The molecule has 3 atom stereocenters. The second-order valence-corrected chi connectivity index (χ2v) is 11.7. The van der Waals surface area contributed by atoms with E-state index in [4.69, 9.17) is 0 Å². The zero-order chi connectivity index (χ0) is 25.7. The number of carbonyl (C=O) groups is 2. The molecule has 5 heteroatoms. The molecule has 2 amide bonds. The predicted octanol–water partition coefficient (Wildman–Crippen LogP) is 4.19. The lowest BCUT2D eigenvalue weighted by Crippen LogP contribution is -3.00. The minimum Gasteiger partial charge on any atom is -1.00 e. The van der Waals surface area contributed by atoms with Crippen LogP contribution in [0, 0.1) is 11.8 Å². The number of likely N-dealkylation sites (tertiary alicyclic amines) is 1. The summed E-state index contributed by atoms with van der Waals surface area (Å²) in [6.07, 6.45) is 15.3. The van der Waals surface area contributed by atoms with Crippen LogP contribution in [-0.2, 0) is 9.59 Å². The Morgan fingerprint density at radius 1 is 0.806 bits per heavy atom. The molecular weight excluding hydrogens is 512 g/mol. The maximum atomic E-state index is 13.1. The quantitative estimate of drug-likeness (QED) is 0.152. The van der Waals surface area contributed by atoms with Crippen LogP contribution in [0.2, 0.25) is 0 Å². The highest BCUT2D eigenvalue weighted by Crippen LogP contribution is 2.34. The van der Waals surface area contributed by atoms with Gasteiger partial charge in [0.15, 0.2) is 0 Å². The van der Waals surface area contributed by atoms with Crippen LogP contribution in [0.3, 0.4) is 0 Å². The first-order valence-corrected chi connectivity index (χ1v) is 14.5. The van der Waals surface area contributed by atoms with Crippen LogP contribution in [0.25, 0.3) is 0 Å². The summed E-state index contributed by atoms with van der Waals surface area (Å²) >= 11 is 0. The molecule has 1 saturated heterocycles. The molecule has 0 radical (unpaired) electrons. The molecule has 1 aliphatic heterocycles. The van der Waals surface area contributed by atoms with Crippen molar-refractivity contribution in [3.05, 3.63) is 35.9 Å². The van der Waals surface area contributed by atoms with Gasteiger partial charge in [0.1, 0.15) is 0 Å². The van der Waals surface area contributed by atoms with E-state index in [0.717, 1.165) is 23.9 Å². The summed E-state index contributed by atoms with van der Waals surface area (Å²) in [5, 5.41) is 0. The monoisotopic (exact) mass is 564 g/mol. The van der Waals surface area contributed by atoms with Crippen LogP contribution >= 0.6 is 0 Å². The second kappa shape index (κ2) is 17.3. The van der Waals surface area contributed by atoms with E-state index >= 15 is 0 Å². The first-order valence-electron chi connectivity index (χ1n) is 14.5. The second-order valence-electron chi connectivity index (χ2n) is 11.7. The first-order chi connectivity index (χ1) is 16.8. The molecule has 1 aliphatic rings. The van der Waals surface area contributed by atoms with E-state index in [1.165, 1.54) is 76.3 Å². The van der Waals surface area contributed by atoms with Crippen molar-refractivity contribution in [2.24, 2.45) is 11.8 Å². The number of imide groups is 1. The number of rotatable bonds is 18. The average molecular weight is 566 g/mol. The Morgan fingerprint density at radius 2 is 1.33 bits per heavy atom. The highest BCUT2D eigenvalue weighted by Gasteiger charge is 2.45. The van der Waals surface area contributed by atoms with Gasteiger partial charge >= 0.3 is 0 Å². The summed E-state index contributed by atoms with van der Waals surface area (Å²) in [5.74, 6) is -0.0443. The maximum Gasteiger partial charge on any atom is 0.233 e. The fourth-order valence-electron chi connectivity index (χ4n) is 5.56. The Kier molecular flexibility index (Phi) is 15.8. The standard InChI is InChI=1S/C31H53N2O2.BrH/c1-6-7-8-9-10-11-12-13-14-18-23-33(4,5)24-19-22-32-30(34)27(3)29(31(32)35)25-26(2)28-20-16-15-17-21-28;/h15-17,20-21,26-27,29H,6-14,18-19,22-25H2,1-5H3;1H/q+1;/p-1. The first kappa shape index (κ1) is 32.8. The fraction of sp³-hybridized carbons (Fsp3) is 0.742. The van der Waals surface area contributed by atoms with Crippen molar-refractivity contribution >= 4 is 11.8 Å². The van der Waals surface area contributed by atoms with Gasteiger partial charge in [-0.05, 0) is 30.7 Å². The Hall–Kier alpha value is -1.20. The molecule has 2 rings (SSSR count). The van der Waals surface area contributed by atoms with E-state index in [-0.39, 0.29) is 46.5 Å². The van der Waals surface area contributed by atoms with Crippen molar-refractivity contribution in [1.82, 2.24) is 4.90 Å². The SMILES string of the molecule is CCCCCCCCCCCC[N+](C)(C)CCCN1C(=O)C(C)C(CC(C)c2ccccc2)C1=O.[Br-]. The predicted molar refractivity (Wildman–Crippen MR) is 147 cm³/mol. The summed E-state index contributed by atoms with van der Waals surface area (Å²) < 4.78 is 0.970. The van der Waals surface area contributed by atoms with Gasteiger partial charge in [0.2, 0.25) is 11.8 Å². The van der Waals surface area contributed by atoms with Crippen LogP contribution < -0.4 is 17.0 Å². The Labute approximate surface area is 232 Å². The average Bonchev–Trinajstić information content (AvgIpc) is 3.04. The summed E-state index contributed by atoms with van der Waals surface area (Å²) in [4.78, 5) is 27.6. The third-order valence-electron chi connectivity index (χ3n) is 8.08. The van der Waals surface area contributed by atoms with Gasteiger partial charge in [0, 0.05) is 18.9 Å². The number of quaternary nitrogens is 1. The lowest BCUT2D eigenvalue weighted by atomic mass is 9.85. The Bertz CT molecular complexity index is 752. The smallest absolute Gasteiger partial charge is 0.233 e. The molecule has 0 aromatic heterocycles. The normalized spacial score (nSPS) is 19.0. The van der Waals surface area contributed by atoms with Crippen molar-refractivity contribution in [3.8, 4) is 0 Å². The summed E-state index contributed by atoms with van der Waals surface area (Å²) in [6, 6.07) is 10.3. The lowest BCUT2D eigenvalue weighted by molar-refractivity contribution is -0.890. The molecule has 1 aromatic rings. The van der Waals surface area contributed by atoms with Gasteiger partial charge in [-0.25, -0.2) is 0 Å². The maximum absolute atomic E-state index is 13.1. The van der Waals surface area contributed by atoms with Gasteiger partial charge in [-0.3, -0.25) is 14.5 Å². The molecule has 1 aromatic carbocycles. The van der Waals surface area contributed by atoms with E-state index in [2.05, 4.69) is 40.1 Å². The number of halogens is 1. The molecule has 206 valence electrons. The number of nitrogens with zero attached hydrogens (tertiary/aromatic N) is 2. The highest BCUT2D eigenvalue weighted by atomic mass is 79.9. The van der Waals surface area contributed by atoms with Gasteiger partial charge in [0.05, 0.1) is 33.1 Å². The van der Waals surface area contributed by atoms with Gasteiger partial charge in [-0.1, -0.05) is 102 Å². The third-order valence-corrected chi connectivity index (χ3v) is 8.08. The summed E-state index contributed by atoms with van der Waals surface area (Å²) in [5.41, 5.74) is 1.24. The van der Waals surface area contributed by atoms with E-state index in [0.29, 0.717) is 6.54 Å². The minimum atomic E-state index is -0.206. The summed E-state index contributed by atoms with van der Waals surface area (Å²) in [6.45, 7) is 9.12. The van der Waals surface area contributed by atoms with Crippen molar-refractivity contribution in [2.45, 2.75) is 104 Å². The lowest BCUT2D eigenvalue weighted by Gasteiger charge is -2.30. The van der Waals surface area contributed by atoms with Crippen LogP contribution in [0.4, 0.5) is 0 Å². The molecule has 1 fully saturated rings. The molecule has 1 heterocycles. The minimum absolute atomic E-state index is 0. The zero-order valence-corrected chi connectivity index (χ0v) is 25.4. The van der Waals surface area contributed by atoms with Gasteiger partial charge < -0.3 is 21.5 Å². The van der Waals surface area contributed by atoms with Crippen molar-refractivity contribution in [1.29, 1.82) is 0 Å². The van der Waals surface area contributed by atoms with Crippen LogP contribution in [0.15, 0.2) is 30.3 Å². The molecule has 0 bridgehead atoms. The number of amides is 2. The van der Waals surface area contributed by atoms with E-state index < -0.39 is 0 Å². The number of benzene rings is 1. The highest BCUT2D eigenvalue weighted by molar-refractivity contribution is 6.04. The number of carbonyl (C=O) groups excluding carboxylic acids is 2. The molecular formula is C31H53BrN2O2. The van der Waals surface area contributed by atoms with E-state index in [1.54, 1.807) is 4.90 Å². The Balaban J connectivity index is 0.00000648. The van der Waals surface area contributed by atoms with Gasteiger partial charge in [-0.15, -0.1) is 0 Å².